The van der Waals surface area contributed by atoms with E-state index in [4.69, 9.17) is 0 Å². The lowest BCUT2D eigenvalue weighted by Gasteiger charge is -2.09. The Morgan fingerprint density at radius 3 is 2.47 bits per heavy atom. The maximum absolute atomic E-state index is 4.53. The van der Waals surface area contributed by atoms with Gasteiger partial charge in [-0.2, -0.15) is 0 Å². The predicted molar refractivity (Wildman–Crippen MR) is 85.7 cm³/mol. The molecule has 0 spiro atoms. The molecule has 0 aromatic carbocycles. The van der Waals surface area contributed by atoms with Crippen molar-refractivity contribution in [3.63, 3.8) is 0 Å². The summed E-state index contributed by atoms with van der Waals surface area (Å²) in [6.45, 7) is 7.46. The molecule has 0 aliphatic rings. The Bertz CT molecular complexity index is 366. The SMILES string of the molecule is CCCCCCCCNc1cc(Br)nc(C(C)C)n1. The smallest absolute Gasteiger partial charge is 0.134 e. The zero-order valence-electron chi connectivity index (χ0n) is 12.4. The second-order valence-corrected chi connectivity index (χ2v) is 6.10. The summed E-state index contributed by atoms with van der Waals surface area (Å²) in [4.78, 5) is 8.91. The molecule has 0 aliphatic carbocycles. The number of rotatable bonds is 9. The highest BCUT2D eigenvalue weighted by Crippen LogP contribution is 2.17. The number of halogens is 1. The average molecular weight is 328 g/mol. The topological polar surface area (TPSA) is 37.8 Å². The first kappa shape index (κ1) is 16.4. The van der Waals surface area contributed by atoms with Crippen LogP contribution in [0.25, 0.3) is 0 Å². The fourth-order valence-corrected chi connectivity index (χ4v) is 2.30. The maximum atomic E-state index is 4.53. The summed E-state index contributed by atoms with van der Waals surface area (Å²) in [5.41, 5.74) is 0. The minimum absolute atomic E-state index is 0.354. The quantitative estimate of drug-likeness (QED) is 0.504. The average Bonchev–Trinajstić information content (AvgIpc) is 2.37. The summed E-state index contributed by atoms with van der Waals surface area (Å²) in [7, 11) is 0. The first-order valence-electron chi connectivity index (χ1n) is 7.41. The molecule has 4 heteroatoms. The fraction of sp³-hybridized carbons (Fsp3) is 0.733. The van der Waals surface area contributed by atoms with Crippen molar-refractivity contribution in [1.82, 2.24) is 9.97 Å². The number of aromatic nitrogens is 2. The molecule has 0 radical (unpaired) electrons. The number of nitrogens with zero attached hydrogens (tertiary/aromatic N) is 2. The van der Waals surface area contributed by atoms with Crippen molar-refractivity contribution < 1.29 is 0 Å². The van der Waals surface area contributed by atoms with Gasteiger partial charge in [0.15, 0.2) is 0 Å². The van der Waals surface area contributed by atoms with Crippen molar-refractivity contribution in [2.24, 2.45) is 0 Å². The highest BCUT2D eigenvalue weighted by atomic mass is 79.9. The normalized spacial score (nSPS) is 11.0. The number of anilines is 1. The molecule has 0 saturated heterocycles. The first-order valence-corrected chi connectivity index (χ1v) is 8.21. The van der Waals surface area contributed by atoms with Gasteiger partial charge in [0.25, 0.3) is 0 Å². The Kier molecular flexibility index (Phi) is 8.03. The van der Waals surface area contributed by atoms with Gasteiger partial charge in [0.1, 0.15) is 16.2 Å². The van der Waals surface area contributed by atoms with Crippen LogP contribution < -0.4 is 5.32 Å². The van der Waals surface area contributed by atoms with Gasteiger partial charge in [-0.1, -0.05) is 52.9 Å². The molecule has 1 heterocycles. The van der Waals surface area contributed by atoms with Crippen LogP contribution in [-0.2, 0) is 0 Å². The lowest BCUT2D eigenvalue weighted by atomic mass is 10.1. The van der Waals surface area contributed by atoms with Gasteiger partial charge in [-0.05, 0) is 22.4 Å². The molecular weight excluding hydrogens is 302 g/mol. The molecule has 0 bridgehead atoms. The number of hydrogen-bond donors (Lipinski definition) is 1. The third-order valence-electron chi connectivity index (χ3n) is 3.07. The van der Waals surface area contributed by atoms with Crippen LogP contribution in [0.4, 0.5) is 5.82 Å². The zero-order chi connectivity index (χ0) is 14.1. The molecule has 1 N–H and O–H groups in total. The van der Waals surface area contributed by atoms with E-state index in [-0.39, 0.29) is 0 Å². The molecule has 1 aromatic rings. The monoisotopic (exact) mass is 327 g/mol. The molecule has 0 fully saturated rings. The molecular formula is C15H26BrN3. The van der Waals surface area contributed by atoms with E-state index in [0.717, 1.165) is 22.8 Å². The van der Waals surface area contributed by atoms with Crippen LogP contribution in [0, 0.1) is 0 Å². The number of unbranched alkanes of at least 4 members (excludes halogenated alkanes) is 5. The van der Waals surface area contributed by atoms with Crippen molar-refractivity contribution in [2.45, 2.75) is 65.2 Å². The van der Waals surface area contributed by atoms with Gasteiger partial charge in [0.2, 0.25) is 0 Å². The van der Waals surface area contributed by atoms with E-state index in [2.05, 4.69) is 52.0 Å². The lowest BCUT2D eigenvalue weighted by Crippen LogP contribution is -2.07. The van der Waals surface area contributed by atoms with Crippen LogP contribution in [0.2, 0.25) is 0 Å². The molecule has 108 valence electrons. The van der Waals surface area contributed by atoms with Crippen molar-refractivity contribution in [1.29, 1.82) is 0 Å². The molecule has 0 unspecified atom stereocenters. The lowest BCUT2D eigenvalue weighted by molar-refractivity contribution is 0.616. The largest absolute Gasteiger partial charge is 0.370 e. The second kappa shape index (κ2) is 9.29. The Morgan fingerprint density at radius 1 is 1.11 bits per heavy atom. The highest BCUT2D eigenvalue weighted by Gasteiger charge is 2.06. The van der Waals surface area contributed by atoms with Crippen LogP contribution in [0.15, 0.2) is 10.7 Å². The van der Waals surface area contributed by atoms with E-state index >= 15 is 0 Å². The van der Waals surface area contributed by atoms with Crippen LogP contribution >= 0.6 is 15.9 Å². The minimum Gasteiger partial charge on any atom is -0.370 e. The molecule has 0 amide bonds. The van der Waals surface area contributed by atoms with Gasteiger partial charge in [0, 0.05) is 18.5 Å². The third kappa shape index (κ3) is 6.90. The van der Waals surface area contributed by atoms with Crippen molar-refractivity contribution in [3.05, 3.63) is 16.5 Å². The molecule has 3 nitrogen and oxygen atoms in total. The summed E-state index contributed by atoms with van der Waals surface area (Å²) in [6, 6.07) is 1.95. The molecule has 0 saturated carbocycles. The van der Waals surface area contributed by atoms with E-state index in [0.29, 0.717) is 5.92 Å². The van der Waals surface area contributed by atoms with E-state index in [9.17, 15) is 0 Å². The molecule has 0 aliphatic heterocycles. The van der Waals surface area contributed by atoms with Crippen molar-refractivity contribution >= 4 is 21.7 Å². The maximum Gasteiger partial charge on any atom is 0.134 e. The van der Waals surface area contributed by atoms with Crippen molar-refractivity contribution in [3.8, 4) is 0 Å². The summed E-state index contributed by atoms with van der Waals surface area (Å²) in [5.74, 6) is 2.17. The Morgan fingerprint density at radius 2 is 1.79 bits per heavy atom. The fourth-order valence-electron chi connectivity index (χ4n) is 1.91. The van der Waals surface area contributed by atoms with Gasteiger partial charge < -0.3 is 5.32 Å². The Hall–Kier alpha value is -0.640. The molecule has 1 aromatic heterocycles. The summed E-state index contributed by atoms with van der Waals surface area (Å²) in [5, 5.41) is 3.39. The van der Waals surface area contributed by atoms with Gasteiger partial charge in [0.05, 0.1) is 0 Å². The standard InChI is InChI=1S/C15H26BrN3/c1-4-5-6-7-8-9-10-17-14-11-13(16)18-15(19-14)12(2)3/h11-12H,4-10H2,1-3H3,(H,17,18,19). The molecule has 0 atom stereocenters. The Labute approximate surface area is 125 Å². The van der Waals surface area contributed by atoms with Crippen LogP contribution in [0.3, 0.4) is 0 Å². The molecule has 19 heavy (non-hydrogen) atoms. The number of nitrogens with one attached hydrogen (secondary N) is 1. The van der Waals surface area contributed by atoms with E-state index < -0.39 is 0 Å². The Balaban J connectivity index is 2.29. The van der Waals surface area contributed by atoms with Crippen LogP contribution in [0.1, 0.15) is 71.0 Å². The summed E-state index contributed by atoms with van der Waals surface area (Å²) in [6.07, 6.45) is 7.90. The minimum atomic E-state index is 0.354. The highest BCUT2D eigenvalue weighted by molar-refractivity contribution is 9.10. The van der Waals surface area contributed by atoms with E-state index in [1.807, 2.05) is 6.07 Å². The van der Waals surface area contributed by atoms with E-state index in [1.54, 1.807) is 0 Å². The van der Waals surface area contributed by atoms with Crippen molar-refractivity contribution in [2.75, 3.05) is 11.9 Å². The number of hydrogen-bond acceptors (Lipinski definition) is 3. The van der Waals surface area contributed by atoms with Gasteiger partial charge in [-0.3, -0.25) is 0 Å². The molecule has 1 rings (SSSR count). The van der Waals surface area contributed by atoms with E-state index in [1.165, 1.54) is 38.5 Å². The third-order valence-corrected chi connectivity index (χ3v) is 3.47. The first-order chi connectivity index (χ1) is 9.13. The second-order valence-electron chi connectivity index (χ2n) is 5.28. The summed E-state index contributed by atoms with van der Waals surface area (Å²) < 4.78 is 0.858. The zero-order valence-corrected chi connectivity index (χ0v) is 14.0. The van der Waals surface area contributed by atoms with Gasteiger partial charge in [-0.25, -0.2) is 9.97 Å². The van der Waals surface area contributed by atoms with Crippen LogP contribution in [-0.4, -0.2) is 16.5 Å². The van der Waals surface area contributed by atoms with Gasteiger partial charge >= 0.3 is 0 Å². The summed E-state index contributed by atoms with van der Waals surface area (Å²) >= 11 is 3.44. The predicted octanol–water partition coefficient (Wildman–Crippen LogP) is 5.13. The van der Waals surface area contributed by atoms with Crippen LogP contribution in [0.5, 0.6) is 0 Å². The van der Waals surface area contributed by atoms with Gasteiger partial charge in [-0.15, -0.1) is 0 Å².